The number of anilines is 2. The highest BCUT2D eigenvalue weighted by atomic mass is 35.5. The van der Waals surface area contributed by atoms with Crippen LogP contribution in [0.15, 0.2) is 94.4 Å². The Kier molecular flexibility index (Phi) is 18.7. The standard InChI is InChI=1S/C18H16ClNO5.C16H18Cl2N2O4.C12H18N2O/c1-3-22-17(21)11(2)23-13-5-7-14(8-6-13)24-18-20-15-9-4-12(19)10-16(15)25-18;1-4-23-14(21)12-9-16(3,15(22)24-5-2)20(19-12)13-7-6-10(17)8-11(13)18;1-9(2)10-5-7-11(8-6-10)13-12(15)14(3)4/h4-11H,3H2,1-2H3;6-8H,4-5,9H2,1-3H3;5-9H,1-4H3,(H,13,15)/t11-;;/m1../s1. The largest absolute Gasteiger partial charge is 0.479 e. The van der Waals surface area contributed by atoms with Crippen LogP contribution in [0.25, 0.3) is 11.1 Å². The first-order valence-electron chi connectivity index (χ1n) is 20.3. The summed E-state index contributed by atoms with van der Waals surface area (Å²) >= 11 is 18.1. The predicted molar refractivity (Wildman–Crippen MR) is 248 cm³/mol. The van der Waals surface area contributed by atoms with Crippen LogP contribution >= 0.6 is 34.8 Å². The van der Waals surface area contributed by atoms with Crippen molar-refractivity contribution in [1.29, 1.82) is 0 Å². The van der Waals surface area contributed by atoms with E-state index in [1.807, 2.05) is 24.3 Å². The van der Waals surface area contributed by atoms with E-state index in [2.05, 4.69) is 29.2 Å². The SMILES string of the molecule is CC(C)c1ccc(NC(=O)N(C)C)cc1.CCOC(=O)C1=NN(c2ccc(Cl)cc2Cl)C(C)(C(=O)OCC)C1.CCOC(=O)[C@@H](C)Oc1ccc(Oc2nc3ccc(Cl)cc3o2)cc1. The molecule has 1 N–H and O–H groups in total. The minimum atomic E-state index is -1.20. The molecule has 0 radical (unpaired) electrons. The fourth-order valence-electron chi connectivity index (χ4n) is 5.72. The summed E-state index contributed by atoms with van der Waals surface area (Å²) < 4.78 is 31.6. The molecule has 0 aliphatic carbocycles. The molecule has 1 aliphatic heterocycles. The van der Waals surface area contributed by atoms with Crippen molar-refractivity contribution in [2.45, 2.75) is 72.4 Å². The third-order valence-corrected chi connectivity index (χ3v) is 9.86. The Bertz CT molecular complexity index is 2410. The van der Waals surface area contributed by atoms with Crippen LogP contribution in [0.5, 0.6) is 17.6 Å². The molecule has 4 aromatic carbocycles. The number of aromatic nitrogens is 1. The third kappa shape index (κ3) is 14.0. The van der Waals surface area contributed by atoms with Crippen LogP contribution in [-0.4, -0.2) is 85.1 Å². The molecular formula is C46H52Cl3N5O10. The summed E-state index contributed by atoms with van der Waals surface area (Å²) in [6, 6.07) is 24.5. The van der Waals surface area contributed by atoms with Gasteiger partial charge in [-0.25, -0.2) is 24.2 Å². The molecule has 1 aromatic heterocycles. The van der Waals surface area contributed by atoms with Gasteiger partial charge in [-0.1, -0.05) is 60.8 Å². The molecule has 0 fully saturated rings. The predicted octanol–water partition coefficient (Wildman–Crippen LogP) is 11.0. The Morgan fingerprint density at radius 1 is 0.812 bits per heavy atom. The van der Waals surface area contributed by atoms with Crippen molar-refractivity contribution in [1.82, 2.24) is 9.88 Å². The van der Waals surface area contributed by atoms with Gasteiger partial charge in [-0.2, -0.15) is 10.1 Å². The van der Waals surface area contributed by atoms with E-state index in [4.69, 9.17) is 62.9 Å². The second-order valence-corrected chi connectivity index (χ2v) is 15.9. The van der Waals surface area contributed by atoms with Gasteiger partial charge in [0.15, 0.2) is 17.2 Å². The van der Waals surface area contributed by atoms with E-state index in [0.717, 1.165) is 5.69 Å². The van der Waals surface area contributed by atoms with Gasteiger partial charge in [-0.3, -0.25) is 0 Å². The van der Waals surface area contributed by atoms with Crippen LogP contribution in [0.1, 0.15) is 66.4 Å². The van der Waals surface area contributed by atoms with Crippen LogP contribution in [0.3, 0.4) is 0 Å². The van der Waals surface area contributed by atoms with Gasteiger partial charge < -0.3 is 38.3 Å². The molecule has 64 heavy (non-hydrogen) atoms. The van der Waals surface area contributed by atoms with E-state index < -0.39 is 29.6 Å². The number of benzene rings is 4. The first kappa shape index (κ1) is 50.6. The van der Waals surface area contributed by atoms with Crippen molar-refractivity contribution < 1.29 is 47.3 Å². The third-order valence-electron chi connectivity index (χ3n) is 9.09. The molecule has 6 rings (SSSR count). The molecule has 18 heteroatoms. The highest BCUT2D eigenvalue weighted by Gasteiger charge is 2.49. The summed E-state index contributed by atoms with van der Waals surface area (Å²) in [6.07, 6.45) is -0.511. The summed E-state index contributed by atoms with van der Waals surface area (Å²) in [5, 5.41) is 9.79. The number of hydrogen-bond donors (Lipinski definition) is 1. The van der Waals surface area contributed by atoms with E-state index in [1.54, 1.807) is 109 Å². The van der Waals surface area contributed by atoms with Crippen molar-refractivity contribution >= 4 is 86.9 Å². The number of carbonyl (C=O) groups is 4. The van der Waals surface area contributed by atoms with Crippen molar-refractivity contribution in [3.05, 3.63) is 106 Å². The number of urea groups is 1. The van der Waals surface area contributed by atoms with Crippen LogP contribution in [0, 0.1) is 0 Å². The number of halogens is 3. The average Bonchev–Trinajstić information content (AvgIpc) is 3.82. The molecule has 2 atom stereocenters. The number of nitrogens with zero attached hydrogens (tertiary/aromatic N) is 4. The summed E-state index contributed by atoms with van der Waals surface area (Å²) in [5.41, 5.74) is 2.70. The maximum Gasteiger partial charge on any atom is 0.400 e. The van der Waals surface area contributed by atoms with Crippen LogP contribution in [0.2, 0.25) is 15.1 Å². The normalized spacial score (nSPS) is 14.5. The minimum absolute atomic E-state index is 0.0591. The lowest BCUT2D eigenvalue weighted by Gasteiger charge is -2.32. The van der Waals surface area contributed by atoms with Gasteiger partial charge in [0.2, 0.25) is 0 Å². The molecule has 5 aromatic rings. The second-order valence-electron chi connectivity index (χ2n) is 14.6. The lowest BCUT2D eigenvalue weighted by molar-refractivity contribution is -0.150. The number of oxazole rings is 1. The Balaban J connectivity index is 0.000000218. The fraction of sp³-hybridized carbons (Fsp3) is 0.348. The smallest absolute Gasteiger partial charge is 0.400 e. The zero-order valence-corrected chi connectivity index (χ0v) is 39.3. The number of rotatable bonds is 13. The van der Waals surface area contributed by atoms with Crippen molar-refractivity contribution in [3.8, 4) is 17.6 Å². The van der Waals surface area contributed by atoms with Gasteiger partial charge in [0.05, 0.1) is 30.5 Å². The highest BCUT2D eigenvalue weighted by molar-refractivity contribution is 6.39. The molecule has 1 unspecified atom stereocenters. The van der Waals surface area contributed by atoms with Gasteiger partial charge in [0, 0.05) is 42.3 Å². The molecule has 1 aliphatic rings. The zero-order chi connectivity index (χ0) is 47.1. The Hall–Kier alpha value is -6.03. The minimum Gasteiger partial charge on any atom is -0.479 e. The molecule has 342 valence electrons. The van der Waals surface area contributed by atoms with Crippen molar-refractivity contribution in [2.24, 2.45) is 5.10 Å². The molecule has 2 amide bonds. The van der Waals surface area contributed by atoms with Crippen LogP contribution in [-0.2, 0) is 28.6 Å². The summed E-state index contributed by atoms with van der Waals surface area (Å²) in [5.74, 6) is 0.0854. The van der Waals surface area contributed by atoms with Gasteiger partial charge in [-0.05, 0) is 113 Å². The summed E-state index contributed by atoms with van der Waals surface area (Å²) in [7, 11) is 3.44. The van der Waals surface area contributed by atoms with E-state index >= 15 is 0 Å². The van der Waals surface area contributed by atoms with E-state index in [0.29, 0.717) is 55.9 Å². The van der Waals surface area contributed by atoms with E-state index in [9.17, 15) is 19.2 Å². The molecule has 15 nitrogen and oxygen atoms in total. The molecular weight excluding hydrogens is 889 g/mol. The number of hydrazone groups is 1. The fourth-order valence-corrected chi connectivity index (χ4v) is 6.37. The first-order valence-corrected chi connectivity index (χ1v) is 21.4. The molecule has 0 bridgehead atoms. The van der Waals surface area contributed by atoms with Crippen LogP contribution in [0.4, 0.5) is 16.2 Å². The summed E-state index contributed by atoms with van der Waals surface area (Å²) in [4.78, 5) is 53.2. The first-order chi connectivity index (χ1) is 30.4. The van der Waals surface area contributed by atoms with E-state index in [1.165, 1.54) is 15.5 Å². The van der Waals surface area contributed by atoms with Gasteiger partial charge in [0.1, 0.15) is 22.7 Å². The molecule has 0 spiro atoms. The van der Waals surface area contributed by atoms with Crippen LogP contribution < -0.4 is 19.8 Å². The van der Waals surface area contributed by atoms with Gasteiger partial charge >= 0.3 is 30.0 Å². The lowest BCUT2D eigenvalue weighted by atomic mass is 9.95. The van der Waals surface area contributed by atoms with Gasteiger partial charge in [0.25, 0.3) is 0 Å². The molecule has 2 heterocycles. The van der Waals surface area contributed by atoms with E-state index in [-0.39, 0.29) is 37.5 Å². The number of carbonyl (C=O) groups excluding carboxylic acids is 4. The maximum atomic E-state index is 12.5. The quantitative estimate of drug-likeness (QED) is 0.0876. The number of ether oxygens (including phenoxy) is 5. The monoisotopic (exact) mass is 939 g/mol. The van der Waals surface area contributed by atoms with Gasteiger partial charge in [-0.15, -0.1) is 0 Å². The highest BCUT2D eigenvalue weighted by Crippen LogP contribution is 2.39. The average molecular weight is 941 g/mol. The lowest BCUT2D eigenvalue weighted by Crippen LogP contribution is -2.48. The topological polar surface area (TPSA) is 171 Å². The molecule has 0 saturated carbocycles. The Morgan fingerprint density at radius 2 is 1.42 bits per heavy atom. The number of amides is 2. The summed E-state index contributed by atoms with van der Waals surface area (Å²) in [6.45, 7) is 13.5. The second kappa shape index (κ2) is 23.6. The number of fused-ring (bicyclic) bond motifs is 1. The maximum absolute atomic E-state index is 12.5. The van der Waals surface area contributed by atoms with Crippen molar-refractivity contribution in [2.75, 3.05) is 44.2 Å². The Labute approximate surface area is 387 Å². The number of esters is 3. The molecule has 0 saturated heterocycles. The number of hydrogen-bond acceptors (Lipinski definition) is 13. The van der Waals surface area contributed by atoms with Crippen molar-refractivity contribution in [3.63, 3.8) is 0 Å². The zero-order valence-electron chi connectivity index (χ0n) is 37.1. The Morgan fingerprint density at radius 3 is 2.02 bits per heavy atom. The number of nitrogens with one attached hydrogen (secondary N) is 1.